The number of ether oxygens (including phenoxy) is 1. The molecule has 3 rings (SSSR count). The van der Waals surface area contributed by atoms with Crippen molar-refractivity contribution in [1.29, 1.82) is 0 Å². The zero-order valence-corrected chi connectivity index (χ0v) is 18.8. The summed E-state index contributed by atoms with van der Waals surface area (Å²) in [6.07, 6.45) is 2.42. The third-order valence-corrected chi connectivity index (χ3v) is 5.56. The van der Waals surface area contributed by atoms with Crippen molar-refractivity contribution in [1.82, 2.24) is 15.5 Å². The SMILES string of the molecule is CN=C(NCc1cccc(CN(C)C)c1)NCC1CCCOC1c1ccc(C)cc1. The van der Waals surface area contributed by atoms with Gasteiger partial charge in [0, 0.05) is 39.2 Å². The molecule has 0 bridgehead atoms. The van der Waals surface area contributed by atoms with Crippen LogP contribution in [0.1, 0.15) is 41.2 Å². The summed E-state index contributed by atoms with van der Waals surface area (Å²) in [5.74, 6) is 1.27. The van der Waals surface area contributed by atoms with E-state index in [0.717, 1.165) is 45.0 Å². The fourth-order valence-corrected chi connectivity index (χ4v) is 4.01. The Balaban J connectivity index is 1.54. The molecule has 2 atom stereocenters. The Morgan fingerprint density at radius 1 is 1.10 bits per heavy atom. The summed E-state index contributed by atoms with van der Waals surface area (Å²) >= 11 is 0. The standard InChI is InChI=1S/C25H36N4O/c1-19-10-12-22(13-11-19)24-23(9-6-14-30-24)17-28-25(26-2)27-16-20-7-5-8-21(15-20)18-29(3)4/h5,7-8,10-13,15,23-24H,6,9,14,16-18H2,1-4H3,(H2,26,27,28). The average Bonchev–Trinajstić information content (AvgIpc) is 2.74. The van der Waals surface area contributed by atoms with E-state index in [2.05, 4.69) is 90.1 Å². The molecule has 1 saturated heterocycles. The van der Waals surface area contributed by atoms with E-state index in [-0.39, 0.29) is 6.10 Å². The fraction of sp³-hybridized carbons (Fsp3) is 0.480. The molecular formula is C25H36N4O. The summed E-state index contributed by atoms with van der Waals surface area (Å²) in [7, 11) is 6.01. The summed E-state index contributed by atoms with van der Waals surface area (Å²) in [6.45, 7) is 5.51. The van der Waals surface area contributed by atoms with Crippen molar-refractivity contribution in [2.24, 2.45) is 10.9 Å². The largest absolute Gasteiger partial charge is 0.373 e. The van der Waals surface area contributed by atoms with Crippen LogP contribution < -0.4 is 10.6 Å². The number of hydrogen-bond donors (Lipinski definition) is 2. The lowest BCUT2D eigenvalue weighted by Gasteiger charge is -2.32. The molecule has 2 N–H and O–H groups in total. The molecular weight excluding hydrogens is 372 g/mol. The van der Waals surface area contributed by atoms with Crippen LogP contribution >= 0.6 is 0 Å². The Labute approximate surface area is 181 Å². The number of nitrogens with zero attached hydrogens (tertiary/aromatic N) is 2. The molecule has 5 nitrogen and oxygen atoms in total. The number of aliphatic imine (C=N–C) groups is 1. The molecule has 0 saturated carbocycles. The second-order valence-corrected chi connectivity index (χ2v) is 8.47. The molecule has 162 valence electrons. The van der Waals surface area contributed by atoms with Gasteiger partial charge in [0.15, 0.2) is 5.96 Å². The quantitative estimate of drug-likeness (QED) is 0.539. The maximum atomic E-state index is 6.15. The van der Waals surface area contributed by atoms with Gasteiger partial charge >= 0.3 is 0 Å². The van der Waals surface area contributed by atoms with Crippen LogP contribution in [0.25, 0.3) is 0 Å². The van der Waals surface area contributed by atoms with E-state index < -0.39 is 0 Å². The highest BCUT2D eigenvalue weighted by Crippen LogP contribution is 2.33. The highest BCUT2D eigenvalue weighted by atomic mass is 16.5. The van der Waals surface area contributed by atoms with Crippen molar-refractivity contribution in [3.8, 4) is 0 Å². The number of nitrogens with one attached hydrogen (secondary N) is 2. The Bertz CT molecular complexity index is 816. The fourth-order valence-electron chi connectivity index (χ4n) is 4.01. The zero-order valence-electron chi connectivity index (χ0n) is 18.8. The van der Waals surface area contributed by atoms with E-state index in [1.54, 1.807) is 0 Å². The molecule has 1 aliphatic rings. The summed E-state index contributed by atoms with van der Waals surface area (Å²) in [6, 6.07) is 17.4. The Hall–Kier alpha value is -2.37. The van der Waals surface area contributed by atoms with Gasteiger partial charge in [0.2, 0.25) is 0 Å². The molecule has 0 amide bonds. The summed E-state index contributed by atoms with van der Waals surface area (Å²) < 4.78 is 6.15. The molecule has 0 aromatic heterocycles. The first-order valence-corrected chi connectivity index (χ1v) is 10.9. The van der Waals surface area contributed by atoms with Crippen molar-refractivity contribution in [3.63, 3.8) is 0 Å². The topological polar surface area (TPSA) is 48.9 Å². The van der Waals surface area contributed by atoms with Gasteiger partial charge in [0.25, 0.3) is 0 Å². The first-order chi connectivity index (χ1) is 14.5. The van der Waals surface area contributed by atoms with Gasteiger partial charge in [0.1, 0.15) is 0 Å². The van der Waals surface area contributed by atoms with E-state index in [4.69, 9.17) is 4.74 Å². The smallest absolute Gasteiger partial charge is 0.191 e. The Morgan fingerprint density at radius 3 is 2.60 bits per heavy atom. The van der Waals surface area contributed by atoms with Gasteiger partial charge in [-0.1, -0.05) is 54.1 Å². The lowest BCUT2D eigenvalue weighted by atomic mass is 9.89. The summed E-state index contributed by atoms with van der Waals surface area (Å²) in [4.78, 5) is 6.60. The van der Waals surface area contributed by atoms with Crippen LogP contribution in [-0.4, -0.2) is 45.2 Å². The third kappa shape index (κ3) is 6.57. The van der Waals surface area contributed by atoms with Crippen LogP contribution in [0.4, 0.5) is 0 Å². The van der Waals surface area contributed by atoms with Crippen LogP contribution in [0, 0.1) is 12.8 Å². The second kappa shape index (κ2) is 11.1. The monoisotopic (exact) mass is 408 g/mol. The minimum atomic E-state index is 0.146. The number of guanidine groups is 1. The summed E-state index contributed by atoms with van der Waals surface area (Å²) in [5.41, 5.74) is 5.13. The molecule has 30 heavy (non-hydrogen) atoms. The molecule has 1 aliphatic heterocycles. The van der Waals surface area contributed by atoms with E-state index in [0.29, 0.717) is 5.92 Å². The predicted octanol–water partition coefficient (Wildman–Crippen LogP) is 3.89. The third-order valence-electron chi connectivity index (χ3n) is 5.56. The van der Waals surface area contributed by atoms with Crippen LogP contribution in [-0.2, 0) is 17.8 Å². The number of hydrogen-bond acceptors (Lipinski definition) is 3. The lowest BCUT2D eigenvalue weighted by Crippen LogP contribution is -2.41. The van der Waals surface area contributed by atoms with Gasteiger partial charge in [-0.05, 0) is 50.6 Å². The first kappa shape index (κ1) is 22.3. The molecule has 2 aromatic carbocycles. The second-order valence-electron chi connectivity index (χ2n) is 8.47. The van der Waals surface area contributed by atoms with Gasteiger partial charge in [-0.3, -0.25) is 4.99 Å². The molecule has 1 fully saturated rings. The van der Waals surface area contributed by atoms with Crippen LogP contribution in [0.3, 0.4) is 0 Å². The number of benzene rings is 2. The molecule has 0 aliphatic carbocycles. The van der Waals surface area contributed by atoms with Crippen LogP contribution in [0.15, 0.2) is 53.5 Å². The van der Waals surface area contributed by atoms with Crippen molar-refractivity contribution in [2.45, 2.75) is 39.0 Å². The number of rotatable bonds is 7. The maximum Gasteiger partial charge on any atom is 0.191 e. The summed E-state index contributed by atoms with van der Waals surface area (Å²) in [5, 5.41) is 6.97. The minimum Gasteiger partial charge on any atom is -0.373 e. The minimum absolute atomic E-state index is 0.146. The molecule has 0 radical (unpaired) electrons. The highest BCUT2D eigenvalue weighted by molar-refractivity contribution is 5.79. The van der Waals surface area contributed by atoms with Gasteiger partial charge in [-0.2, -0.15) is 0 Å². The van der Waals surface area contributed by atoms with Crippen LogP contribution in [0.2, 0.25) is 0 Å². The van der Waals surface area contributed by atoms with E-state index >= 15 is 0 Å². The molecule has 1 heterocycles. The van der Waals surface area contributed by atoms with Gasteiger partial charge in [0.05, 0.1) is 6.10 Å². The molecule has 5 heteroatoms. The zero-order chi connectivity index (χ0) is 21.3. The van der Waals surface area contributed by atoms with E-state index in [1.165, 1.54) is 22.3 Å². The van der Waals surface area contributed by atoms with Crippen molar-refractivity contribution in [3.05, 3.63) is 70.8 Å². The normalized spacial score (nSPS) is 19.7. The van der Waals surface area contributed by atoms with Gasteiger partial charge in [-0.25, -0.2) is 0 Å². The van der Waals surface area contributed by atoms with E-state index in [9.17, 15) is 0 Å². The van der Waals surface area contributed by atoms with Crippen LogP contribution in [0.5, 0.6) is 0 Å². The van der Waals surface area contributed by atoms with Crippen molar-refractivity contribution in [2.75, 3.05) is 34.3 Å². The lowest BCUT2D eigenvalue weighted by molar-refractivity contribution is -0.0265. The van der Waals surface area contributed by atoms with E-state index in [1.807, 2.05) is 7.05 Å². The Kier molecular flexibility index (Phi) is 8.29. The maximum absolute atomic E-state index is 6.15. The van der Waals surface area contributed by atoms with Crippen molar-refractivity contribution >= 4 is 5.96 Å². The molecule has 0 spiro atoms. The highest BCUT2D eigenvalue weighted by Gasteiger charge is 2.27. The average molecular weight is 409 g/mol. The van der Waals surface area contributed by atoms with Crippen molar-refractivity contribution < 1.29 is 4.74 Å². The number of aryl methyl sites for hydroxylation is 1. The molecule has 2 aromatic rings. The van der Waals surface area contributed by atoms with Gasteiger partial charge < -0.3 is 20.3 Å². The Morgan fingerprint density at radius 2 is 1.87 bits per heavy atom. The predicted molar refractivity (Wildman–Crippen MR) is 125 cm³/mol. The first-order valence-electron chi connectivity index (χ1n) is 10.9. The van der Waals surface area contributed by atoms with Gasteiger partial charge in [-0.15, -0.1) is 0 Å². The molecule has 2 unspecified atom stereocenters.